The number of rotatable bonds is 4. The summed E-state index contributed by atoms with van der Waals surface area (Å²) in [6, 6.07) is 4.86. The molecule has 3 rings (SSSR count). The normalized spacial score (nSPS) is 17.7. The molecule has 2 aromatic carbocycles. The van der Waals surface area contributed by atoms with Gasteiger partial charge in [-0.15, -0.1) is 0 Å². The fourth-order valence-electron chi connectivity index (χ4n) is 3.46. The monoisotopic (exact) mass is 451 g/mol. The quantitative estimate of drug-likeness (QED) is 0.530. The van der Waals surface area contributed by atoms with Crippen molar-refractivity contribution in [2.24, 2.45) is 0 Å². The molecule has 0 spiro atoms. The molecule has 31 heavy (non-hydrogen) atoms. The van der Waals surface area contributed by atoms with Crippen LogP contribution in [0.4, 0.5) is 14.9 Å². The molecule has 2 aromatic rings. The van der Waals surface area contributed by atoms with Crippen molar-refractivity contribution in [3.8, 4) is 5.75 Å². The van der Waals surface area contributed by atoms with E-state index in [9.17, 15) is 19.1 Å². The van der Waals surface area contributed by atoms with Gasteiger partial charge < -0.3 is 30.9 Å². The first kappa shape index (κ1) is 22.6. The molecule has 5 N–H and O–H groups in total. The molecule has 0 fully saturated rings. The second kappa shape index (κ2) is 7.90. The number of benzene rings is 2. The summed E-state index contributed by atoms with van der Waals surface area (Å²) in [5, 5.41) is 16.3. The second-order valence-corrected chi connectivity index (χ2v) is 8.46. The Morgan fingerprint density at radius 2 is 2.03 bits per heavy atom. The highest BCUT2D eigenvalue weighted by Gasteiger charge is 2.48. The number of fused-ring (bicyclic) bond motifs is 1. The van der Waals surface area contributed by atoms with Gasteiger partial charge >= 0.3 is 6.09 Å². The fraction of sp³-hybridized carbons (Fsp3) is 0.333. The van der Waals surface area contributed by atoms with E-state index >= 15 is 0 Å². The molecule has 8 nitrogen and oxygen atoms in total. The number of nitrogen functional groups attached to an aromatic ring is 1. The van der Waals surface area contributed by atoms with Gasteiger partial charge in [0, 0.05) is 33.9 Å². The third-order valence-corrected chi connectivity index (χ3v) is 4.94. The number of nitrogens with one attached hydrogen (secondary N) is 2. The minimum absolute atomic E-state index is 0.0112. The van der Waals surface area contributed by atoms with Gasteiger partial charge in [-0.1, -0.05) is 11.6 Å². The molecular weight excluding hydrogens is 429 g/mol. The SMILES string of the molecule is COc1c(CNC(=O)OC(C)(C)C)cc(N)c2c1C(=O)NC2(O)c1cc(F)ccc1Cl. The van der Waals surface area contributed by atoms with Gasteiger partial charge in [0.2, 0.25) is 0 Å². The van der Waals surface area contributed by atoms with Gasteiger partial charge in [0.15, 0.2) is 5.72 Å². The van der Waals surface area contributed by atoms with Crippen LogP contribution in [0.2, 0.25) is 5.02 Å². The van der Waals surface area contributed by atoms with Gasteiger partial charge in [-0.05, 0) is 45.0 Å². The maximum absolute atomic E-state index is 13.9. The van der Waals surface area contributed by atoms with E-state index in [-0.39, 0.29) is 39.7 Å². The number of nitrogens with two attached hydrogens (primary N) is 1. The molecule has 2 amide bonds. The standard InChI is InChI=1S/C21H23ClFN3O5/c1-20(2,3)31-19(28)25-9-10-7-14(24)16-15(17(10)30-4)18(27)26-21(16,29)12-8-11(23)5-6-13(12)22/h5-8,29H,9,24H2,1-4H3,(H,25,28)(H,26,27). The molecule has 1 heterocycles. The Morgan fingerprint density at radius 3 is 2.65 bits per heavy atom. The topological polar surface area (TPSA) is 123 Å². The van der Waals surface area contributed by atoms with Gasteiger partial charge in [0.1, 0.15) is 17.2 Å². The summed E-state index contributed by atoms with van der Waals surface area (Å²) in [4.78, 5) is 24.8. The highest BCUT2D eigenvalue weighted by molar-refractivity contribution is 6.31. The number of methoxy groups -OCH3 is 1. The number of alkyl carbamates (subject to hydrolysis) is 1. The van der Waals surface area contributed by atoms with Crippen LogP contribution in [0.5, 0.6) is 5.75 Å². The lowest BCUT2D eigenvalue weighted by Crippen LogP contribution is -2.41. The second-order valence-electron chi connectivity index (χ2n) is 8.05. The van der Waals surface area contributed by atoms with Crippen LogP contribution in [0, 0.1) is 5.82 Å². The van der Waals surface area contributed by atoms with Crippen LogP contribution in [0.1, 0.15) is 47.8 Å². The molecule has 0 saturated carbocycles. The third-order valence-electron chi connectivity index (χ3n) is 4.61. The van der Waals surface area contributed by atoms with Gasteiger partial charge in [0.25, 0.3) is 5.91 Å². The summed E-state index contributed by atoms with van der Waals surface area (Å²) in [7, 11) is 1.34. The summed E-state index contributed by atoms with van der Waals surface area (Å²) >= 11 is 6.16. The molecule has 0 aliphatic carbocycles. The van der Waals surface area contributed by atoms with Crippen LogP contribution in [-0.2, 0) is 17.0 Å². The predicted molar refractivity (Wildman–Crippen MR) is 112 cm³/mol. The third kappa shape index (κ3) is 4.24. The smallest absolute Gasteiger partial charge is 0.407 e. The van der Waals surface area contributed by atoms with Crippen LogP contribution in [0.3, 0.4) is 0 Å². The molecule has 0 bridgehead atoms. The number of carbonyl (C=O) groups is 2. The van der Waals surface area contributed by atoms with Crippen LogP contribution in [0.25, 0.3) is 0 Å². The number of hydrogen-bond acceptors (Lipinski definition) is 6. The van der Waals surface area contributed by atoms with Crippen molar-refractivity contribution in [1.29, 1.82) is 0 Å². The molecule has 10 heteroatoms. The number of anilines is 1. The van der Waals surface area contributed by atoms with Crippen LogP contribution < -0.4 is 21.1 Å². The Hall–Kier alpha value is -3.04. The average molecular weight is 452 g/mol. The molecule has 1 aliphatic rings. The highest BCUT2D eigenvalue weighted by atomic mass is 35.5. The van der Waals surface area contributed by atoms with E-state index in [0.717, 1.165) is 12.1 Å². The highest BCUT2D eigenvalue weighted by Crippen LogP contribution is 2.45. The first-order valence-corrected chi connectivity index (χ1v) is 9.72. The summed E-state index contributed by atoms with van der Waals surface area (Å²) in [5.41, 5.74) is 3.61. The van der Waals surface area contributed by atoms with Crippen molar-refractivity contribution < 1.29 is 28.6 Å². The van der Waals surface area contributed by atoms with Gasteiger partial charge in [-0.3, -0.25) is 4.79 Å². The van der Waals surface area contributed by atoms with Gasteiger partial charge in [0.05, 0.1) is 12.7 Å². The van der Waals surface area contributed by atoms with Crippen LogP contribution in [0.15, 0.2) is 24.3 Å². The van der Waals surface area contributed by atoms with E-state index in [4.69, 9.17) is 26.8 Å². The molecule has 1 aliphatic heterocycles. The summed E-state index contributed by atoms with van der Waals surface area (Å²) in [5.74, 6) is -1.25. The summed E-state index contributed by atoms with van der Waals surface area (Å²) < 4.78 is 24.5. The minimum atomic E-state index is -2.17. The van der Waals surface area contributed by atoms with Crippen molar-refractivity contribution >= 4 is 29.3 Å². The van der Waals surface area contributed by atoms with Crippen molar-refractivity contribution in [3.63, 3.8) is 0 Å². The molecule has 0 radical (unpaired) electrons. The number of amides is 2. The molecule has 166 valence electrons. The maximum Gasteiger partial charge on any atom is 0.407 e. The Labute approximate surface area is 183 Å². The number of hydrogen-bond donors (Lipinski definition) is 4. The number of halogens is 2. The van der Waals surface area contributed by atoms with Gasteiger partial charge in [-0.25, -0.2) is 9.18 Å². The van der Waals surface area contributed by atoms with E-state index in [1.54, 1.807) is 20.8 Å². The largest absolute Gasteiger partial charge is 0.496 e. The molecular formula is C21H23ClFN3O5. The number of carbonyl (C=O) groups excluding carboxylic acids is 2. The fourth-order valence-corrected chi connectivity index (χ4v) is 3.72. The Kier molecular flexibility index (Phi) is 5.77. The first-order chi connectivity index (χ1) is 14.4. The lowest BCUT2D eigenvalue weighted by Gasteiger charge is -2.27. The number of ether oxygens (including phenoxy) is 2. The number of aliphatic hydroxyl groups is 1. The first-order valence-electron chi connectivity index (χ1n) is 9.34. The van der Waals surface area contributed by atoms with E-state index in [0.29, 0.717) is 5.56 Å². The molecule has 0 aromatic heterocycles. The molecule has 1 atom stereocenters. The summed E-state index contributed by atoms with van der Waals surface area (Å²) in [6.07, 6.45) is -0.666. The van der Waals surface area contributed by atoms with Crippen molar-refractivity contribution in [3.05, 3.63) is 57.4 Å². The van der Waals surface area contributed by atoms with Crippen molar-refractivity contribution in [2.75, 3.05) is 12.8 Å². The van der Waals surface area contributed by atoms with Crippen molar-refractivity contribution in [2.45, 2.75) is 38.6 Å². The predicted octanol–water partition coefficient (Wildman–Crippen LogP) is 3.03. The van der Waals surface area contributed by atoms with Crippen LogP contribution in [-0.4, -0.2) is 29.8 Å². The average Bonchev–Trinajstić information content (AvgIpc) is 2.93. The Morgan fingerprint density at radius 1 is 1.35 bits per heavy atom. The van der Waals surface area contributed by atoms with E-state index in [2.05, 4.69) is 10.6 Å². The molecule has 1 unspecified atom stereocenters. The van der Waals surface area contributed by atoms with Crippen LogP contribution >= 0.6 is 11.6 Å². The maximum atomic E-state index is 13.9. The van der Waals surface area contributed by atoms with Crippen molar-refractivity contribution in [1.82, 2.24) is 10.6 Å². The van der Waals surface area contributed by atoms with Gasteiger partial charge in [-0.2, -0.15) is 0 Å². The lowest BCUT2D eigenvalue weighted by atomic mass is 9.90. The van der Waals surface area contributed by atoms with E-state index in [1.807, 2.05) is 0 Å². The zero-order valence-corrected chi connectivity index (χ0v) is 18.2. The Balaban J connectivity index is 2.06. The molecule has 0 saturated heterocycles. The van der Waals surface area contributed by atoms with E-state index in [1.165, 1.54) is 19.2 Å². The zero-order valence-electron chi connectivity index (χ0n) is 17.4. The minimum Gasteiger partial charge on any atom is -0.496 e. The lowest BCUT2D eigenvalue weighted by molar-refractivity contribution is 0.0476. The summed E-state index contributed by atoms with van der Waals surface area (Å²) in [6.45, 7) is 5.12. The Bertz CT molecular complexity index is 1070. The zero-order chi connectivity index (χ0) is 23.1. The van der Waals surface area contributed by atoms with E-state index < -0.39 is 29.1 Å².